The molecule has 0 spiro atoms. The molecule has 0 aliphatic heterocycles. The summed E-state index contributed by atoms with van der Waals surface area (Å²) in [6.07, 6.45) is -0.638. The Bertz CT molecular complexity index is 688. The van der Waals surface area contributed by atoms with E-state index in [1.54, 1.807) is 45.2 Å². The van der Waals surface area contributed by atoms with E-state index in [9.17, 15) is 9.90 Å². The molecule has 1 aromatic carbocycles. The molecular formula is C18H23NO5. The first-order valence-electron chi connectivity index (χ1n) is 7.75. The lowest BCUT2D eigenvalue weighted by atomic mass is 10.1. The molecule has 2 aromatic rings. The van der Waals surface area contributed by atoms with Gasteiger partial charge in [0.2, 0.25) is 0 Å². The van der Waals surface area contributed by atoms with E-state index < -0.39 is 12.1 Å². The number of methoxy groups -OCH3 is 1. The Hall–Kier alpha value is -2.47. The van der Waals surface area contributed by atoms with Gasteiger partial charge in [0.15, 0.2) is 0 Å². The van der Waals surface area contributed by atoms with Crippen molar-refractivity contribution in [3.05, 3.63) is 46.8 Å². The molecule has 0 aliphatic carbocycles. The second-order valence-electron chi connectivity index (χ2n) is 5.50. The van der Waals surface area contributed by atoms with Crippen molar-refractivity contribution in [2.24, 2.45) is 0 Å². The molecule has 0 saturated heterocycles. The van der Waals surface area contributed by atoms with Crippen LogP contribution in [0.1, 0.15) is 40.3 Å². The maximum absolute atomic E-state index is 12.1. The summed E-state index contributed by atoms with van der Waals surface area (Å²) in [5.74, 6) is 0.969. The van der Waals surface area contributed by atoms with Gasteiger partial charge >= 0.3 is 5.97 Å². The van der Waals surface area contributed by atoms with Crippen LogP contribution in [0.5, 0.6) is 11.5 Å². The Morgan fingerprint density at radius 3 is 2.33 bits per heavy atom. The molecule has 0 fully saturated rings. The summed E-state index contributed by atoms with van der Waals surface area (Å²) in [4.78, 5) is 15.1. The van der Waals surface area contributed by atoms with E-state index in [2.05, 4.69) is 4.98 Å². The van der Waals surface area contributed by atoms with E-state index in [-0.39, 0.29) is 13.2 Å². The predicted octanol–water partition coefficient (Wildman–Crippen LogP) is 2.93. The molecule has 2 rings (SSSR count). The third-order valence-corrected chi connectivity index (χ3v) is 3.76. The highest BCUT2D eigenvalue weighted by atomic mass is 16.6. The second kappa shape index (κ2) is 7.88. The molecule has 2 N–H and O–H groups in total. The Kier molecular flexibility index (Phi) is 5.87. The Labute approximate surface area is 141 Å². The van der Waals surface area contributed by atoms with E-state index in [4.69, 9.17) is 14.2 Å². The average molecular weight is 333 g/mol. The molecule has 0 radical (unpaired) electrons. The predicted molar refractivity (Wildman–Crippen MR) is 89.7 cm³/mol. The number of aromatic amines is 1. The number of ether oxygens (including phenoxy) is 3. The topological polar surface area (TPSA) is 80.8 Å². The average Bonchev–Trinajstić information content (AvgIpc) is 2.86. The molecular weight excluding hydrogens is 310 g/mol. The number of esters is 1. The first-order valence-corrected chi connectivity index (χ1v) is 7.75. The summed E-state index contributed by atoms with van der Waals surface area (Å²) in [5, 5.41) is 9.76. The maximum atomic E-state index is 12.1. The summed E-state index contributed by atoms with van der Waals surface area (Å²) in [7, 11) is 1.60. The fraction of sp³-hybridized carbons (Fsp3) is 0.389. The minimum atomic E-state index is -0.638. The zero-order chi connectivity index (χ0) is 17.7. The van der Waals surface area contributed by atoms with Gasteiger partial charge in [-0.1, -0.05) is 0 Å². The third-order valence-electron chi connectivity index (χ3n) is 3.76. The van der Waals surface area contributed by atoms with Crippen LogP contribution in [0, 0.1) is 13.8 Å². The van der Waals surface area contributed by atoms with Gasteiger partial charge in [0.1, 0.15) is 30.4 Å². The van der Waals surface area contributed by atoms with Crippen molar-refractivity contribution in [2.45, 2.75) is 26.9 Å². The van der Waals surface area contributed by atoms with E-state index in [1.165, 1.54) is 0 Å². The minimum Gasteiger partial charge on any atom is -0.497 e. The van der Waals surface area contributed by atoms with Crippen LogP contribution in [0.4, 0.5) is 0 Å². The molecule has 0 saturated carbocycles. The summed E-state index contributed by atoms with van der Waals surface area (Å²) in [6.45, 7) is 5.65. The monoisotopic (exact) mass is 333 g/mol. The quantitative estimate of drug-likeness (QED) is 0.601. The van der Waals surface area contributed by atoms with Crippen molar-refractivity contribution >= 4 is 5.97 Å². The number of aromatic nitrogens is 1. The molecule has 130 valence electrons. The first kappa shape index (κ1) is 17.9. The zero-order valence-corrected chi connectivity index (χ0v) is 14.4. The van der Waals surface area contributed by atoms with Crippen LogP contribution in [0.25, 0.3) is 0 Å². The van der Waals surface area contributed by atoms with Gasteiger partial charge in [-0.25, -0.2) is 4.79 Å². The molecule has 0 bridgehead atoms. The summed E-state index contributed by atoms with van der Waals surface area (Å²) >= 11 is 0. The molecule has 0 amide bonds. The van der Waals surface area contributed by atoms with Gasteiger partial charge in [0.25, 0.3) is 0 Å². The lowest BCUT2D eigenvalue weighted by Gasteiger charge is -2.08. The molecule has 1 heterocycles. The summed E-state index contributed by atoms with van der Waals surface area (Å²) in [5.41, 5.74) is 2.58. The number of hydrogen-bond donors (Lipinski definition) is 2. The smallest absolute Gasteiger partial charge is 0.355 e. The van der Waals surface area contributed by atoms with Crippen LogP contribution >= 0.6 is 0 Å². The number of hydrogen-bond acceptors (Lipinski definition) is 5. The highest BCUT2D eigenvalue weighted by Crippen LogP contribution is 2.24. The largest absolute Gasteiger partial charge is 0.497 e. The lowest BCUT2D eigenvalue weighted by Crippen LogP contribution is -2.13. The molecule has 1 aromatic heterocycles. The standard InChI is InChI=1S/C18H23NO5/c1-11-16(13(3)20)12(2)19-17(11)18(21)24-10-9-23-15-7-5-14(22-4)6-8-15/h5-8,13,19-20H,9-10H2,1-4H3/t13-/m1/s1. The third kappa shape index (κ3) is 4.08. The van der Waals surface area contributed by atoms with Gasteiger partial charge in [-0.2, -0.15) is 0 Å². The van der Waals surface area contributed by atoms with E-state index in [0.29, 0.717) is 17.0 Å². The zero-order valence-electron chi connectivity index (χ0n) is 14.4. The van der Waals surface area contributed by atoms with E-state index in [0.717, 1.165) is 17.0 Å². The van der Waals surface area contributed by atoms with Crippen LogP contribution in [0.2, 0.25) is 0 Å². The van der Waals surface area contributed by atoms with E-state index in [1.807, 2.05) is 6.92 Å². The number of aliphatic hydroxyl groups excluding tert-OH is 1. The van der Waals surface area contributed by atoms with Crippen molar-refractivity contribution in [1.82, 2.24) is 4.98 Å². The normalized spacial score (nSPS) is 11.9. The molecule has 0 unspecified atom stereocenters. The van der Waals surface area contributed by atoms with Crippen LogP contribution in [-0.4, -0.2) is 36.4 Å². The number of rotatable bonds is 7. The Morgan fingerprint density at radius 1 is 1.17 bits per heavy atom. The maximum Gasteiger partial charge on any atom is 0.355 e. The van der Waals surface area contributed by atoms with Crippen LogP contribution < -0.4 is 9.47 Å². The minimum absolute atomic E-state index is 0.131. The second-order valence-corrected chi connectivity index (χ2v) is 5.50. The SMILES string of the molecule is COc1ccc(OCCOC(=O)c2[nH]c(C)c([C@@H](C)O)c2C)cc1. The van der Waals surface area contributed by atoms with Gasteiger partial charge in [-0.3, -0.25) is 0 Å². The number of aliphatic hydroxyl groups is 1. The van der Waals surface area contributed by atoms with Crippen molar-refractivity contribution in [1.29, 1.82) is 0 Å². The van der Waals surface area contributed by atoms with Gasteiger partial charge in [0.05, 0.1) is 13.2 Å². The van der Waals surface area contributed by atoms with Gasteiger partial charge in [-0.15, -0.1) is 0 Å². The first-order chi connectivity index (χ1) is 11.4. The number of carbonyl (C=O) groups excluding carboxylic acids is 1. The van der Waals surface area contributed by atoms with Crippen molar-refractivity contribution in [3.8, 4) is 11.5 Å². The molecule has 1 atom stereocenters. The van der Waals surface area contributed by atoms with Crippen LogP contribution in [0.3, 0.4) is 0 Å². The highest BCUT2D eigenvalue weighted by molar-refractivity contribution is 5.89. The number of benzene rings is 1. The Balaban J connectivity index is 1.86. The van der Waals surface area contributed by atoms with E-state index >= 15 is 0 Å². The Morgan fingerprint density at radius 2 is 1.79 bits per heavy atom. The van der Waals surface area contributed by atoms with Gasteiger partial charge < -0.3 is 24.3 Å². The van der Waals surface area contributed by atoms with Crippen molar-refractivity contribution in [2.75, 3.05) is 20.3 Å². The number of nitrogens with one attached hydrogen (secondary N) is 1. The van der Waals surface area contributed by atoms with Crippen molar-refractivity contribution in [3.63, 3.8) is 0 Å². The van der Waals surface area contributed by atoms with Gasteiger partial charge in [-0.05, 0) is 50.6 Å². The highest BCUT2D eigenvalue weighted by Gasteiger charge is 2.20. The molecule has 6 heteroatoms. The van der Waals surface area contributed by atoms with Gasteiger partial charge in [0, 0.05) is 11.3 Å². The van der Waals surface area contributed by atoms with Crippen molar-refractivity contribution < 1.29 is 24.1 Å². The number of H-pyrrole nitrogens is 1. The fourth-order valence-electron chi connectivity index (χ4n) is 2.63. The fourth-order valence-corrected chi connectivity index (χ4v) is 2.63. The molecule has 0 aliphatic rings. The van der Waals surface area contributed by atoms with Crippen LogP contribution in [0.15, 0.2) is 24.3 Å². The lowest BCUT2D eigenvalue weighted by molar-refractivity contribution is 0.0443. The summed E-state index contributed by atoms with van der Waals surface area (Å²) < 4.78 is 15.8. The molecule has 6 nitrogen and oxygen atoms in total. The molecule has 24 heavy (non-hydrogen) atoms. The number of carbonyl (C=O) groups is 1. The summed E-state index contributed by atoms with van der Waals surface area (Å²) in [6, 6.07) is 7.16. The van der Waals surface area contributed by atoms with Crippen LogP contribution in [-0.2, 0) is 4.74 Å². The number of aryl methyl sites for hydroxylation is 1.